The molecule has 0 radical (unpaired) electrons. The third kappa shape index (κ3) is 3.09. The SMILES string of the molecule is c1ccc(CCN2CC[C@H]3C[C@H](c4nccs4)O[C@@H]3C2)cc1. The Hall–Kier alpha value is -1.23. The summed E-state index contributed by atoms with van der Waals surface area (Å²) in [6.07, 6.45) is 6.08. The van der Waals surface area contributed by atoms with Crippen molar-refractivity contribution in [2.45, 2.75) is 31.5 Å². The van der Waals surface area contributed by atoms with Gasteiger partial charge in [0.2, 0.25) is 0 Å². The van der Waals surface area contributed by atoms with E-state index >= 15 is 0 Å². The summed E-state index contributed by atoms with van der Waals surface area (Å²) in [6.45, 7) is 3.43. The van der Waals surface area contributed by atoms with E-state index in [1.54, 1.807) is 11.3 Å². The molecule has 0 spiro atoms. The van der Waals surface area contributed by atoms with Gasteiger partial charge in [-0.15, -0.1) is 11.3 Å². The van der Waals surface area contributed by atoms with E-state index in [0.29, 0.717) is 6.10 Å². The lowest BCUT2D eigenvalue weighted by molar-refractivity contribution is -0.00703. The molecule has 3 atom stereocenters. The zero-order chi connectivity index (χ0) is 14.8. The molecular weight excluding hydrogens is 292 g/mol. The van der Waals surface area contributed by atoms with Crippen molar-refractivity contribution < 1.29 is 4.74 Å². The van der Waals surface area contributed by atoms with Crippen LogP contribution in [0.1, 0.15) is 29.5 Å². The summed E-state index contributed by atoms with van der Waals surface area (Å²) in [7, 11) is 0. The fourth-order valence-corrected chi connectivity index (χ4v) is 4.37. The largest absolute Gasteiger partial charge is 0.366 e. The lowest BCUT2D eigenvalue weighted by Crippen LogP contribution is -2.43. The molecule has 2 aliphatic rings. The van der Waals surface area contributed by atoms with E-state index < -0.39 is 0 Å². The Bertz CT molecular complexity index is 586. The summed E-state index contributed by atoms with van der Waals surface area (Å²) in [6, 6.07) is 10.8. The van der Waals surface area contributed by atoms with E-state index in [9.17, 15) is 0 Å². The van der Waals surface area contributed by atoms with Gasteiger partial charge in [0.15, 0.2) is 0 Å². The second-order valence-electron chi connectivity index (χ2n) is 6.35. The van der Waals surface area contributed by atoms with Gasteiger partial charge in [-0.1, -0.05) is 30.3 Å². The minimum atomic E-state index is 0.240. The third-order valence-corrected chi connectivity index (χ3v) is 5.79. The molecule has 4 rings (SSSR count). The van der Waals surface area contributed by atoms with Gasteiger partial charge >= 0.3 is 0 Å². The van der Waals surface area contributed by atoms with Gasteiger partial charge in [-0.25, -0.2) is 4.98 Å². The van der Waals surface area contributed by atoms with Gasteiger partial charge in [0, 0.05) is 24.7 Å². The van der Waals surface area contributed by atoms with E-state index in [1.807, 2.05) is 11.6 Å². The van der Waals surface area contributed by atoms with E-state index in [-0.39, 0.29) is 6.10 Å². The second-order valence-corrected chi connectivity index (χ2v) is 7.28. The summed E-state index contributed by atoms with van der Waals surface area (Å²) in [5, 5.41) is 3.21. The van der Waals surface area contributed by atoms with Gasteiger partial charge in [0.25, 0.3) is 0 Å². The van der Waals surface area contributed by atoms with Crippen molar-refractivity contribution in [3.63, 3.8) is 0 Å². The molecular formula is C18H22N2OS. The molecule has 1 aromatic heterocycles. The predicted octanol–water partition coefficient (Wildman–Crippen LogP) is 3.54. The first-order chi connectivity index (χ1) is 10.9. The average molecular weight is 314 g/mol. The number of hydrogen-bond acceptors (Lipinski definition) is 4. The molecule has 0 unspecified atom stereocenters. The van der Waals surface area contributed by atoms with Crippen LogP contribution in [-0.2, 0) is 11.2 Å². The Kier molecular flexibility index (Phi) is 4.24. The van der Waals surface area contributed by atoms with E-state index in [4.69, 9.17) is 4.74 Å². The molecule has 2 saturated heterocycles. The van der Waals surface area contributed by atoms with Crippen LogP contribution in [0.15, 0.2) is 41.9 Å². The second kappa shape index (κ2) is 6.49. The number of aromatic nitrogens is 1. The number of hydrogen-bond donors (Lipinski definition) is 0. The number of nitrogens with zero attached hydrogens (tertiary/aromatic N) is 2. The fourth-order valence-electron chi connectivity index (χ4n) is 3.68. The number of ether oxygens (including phenoxy) is 1. The number of piperidine rings is 1. The third-order valence-electron chi connectivity index (χ3n) is 4.92. The molecule has 0 saturated carbocycles. The summed E-state index contributed by atoms with van der Waals surface area (Å²) >= 11 is 1.72. The molecule has 4 heteroatoms. The number of fused-ring (bicyclic) bond motifs is 1. The highest BCUT2D eigenvalue weighted by molar-refractivity contribution is 7.09. The fraction of sp³-hybridized carbons (Fsp3) is 0.500. The Labute approximate surface area is 135 Å². The van der Waals surface area contributed by atoms with Gasteiger partial charge < -0.3 is 9.64 Å². The number of rotatable bonds is 4. The highest BCUT2D eigenvalue weighted by atomic mass is 32.1. The lowest BCUT2D eigenvalue weighted by atomic mass is 9.91. The Balaban J connectivity index is 1.32. The first kappa shape index (κ1) is 14.4. The Morgan fingerprint density at radius 2 is 2.18 bits per heavy atom. The molecule has 2 aliphatic heterocycles. The number of likely N-dealkylation sites (tertiary alicyclic amines) is 1. The maximum absolute atomic E-state index is 6.30. The van der Waals surface area contributed by atoms with E-state index in [0.717, 1.165) is 36.9 Å². The molecule has 0 N–H and O–H groups in total. The van der Waals surface area contributed by atoms with Crippen LogP contribution < -0.4 is 0 Å². The van der Waals surface area contributed by atoms with Crippen molar-refractivity contribution in [1.29, 1.82) is 0 Å². The van der Waals surface area contributed by atoms with Crippen LogP contribution in [0.5, 0.6) is 0 Å². The van der Waals surface area contributed by atoms with Crippen LogP contribution in [0, 0.1) is 5.92 Å². The molecule has 1 aromatic carbocycles. The first-order valence-corrected chi connectivity index (χ1v) is 9.07. The molecule has 3 nitrogen and oxygen atoms in total. The quantitative estimate of drug-likeness (QED) is 0.863. The molecule has 0 bridgehead atoms. The van der Waals surface area contributed by atoms with Crippen molar-refractivity contribution in [2.75, 3.05) is 19.6 Å². The van der Waals surface area contributed by atoms with Gasteiger partial charge in [0.05, 0.1) is 6.10 Å². The van der Waals surface area contributed by atoms with Crippen molar-refractivity contribution in [2.24, 2.45) is 5.92 Å². The van der Waals surface area contributed by atoms with Gasteiger partial charge in [-0.2, -0.15) is 0 Å². The molecule has 0 aliphatic carbocycles. The smallest absolute Gasteiger partial charge is 0.121 e. The van der Waals surface area contributed by atoms with Gasteiger partial charge in [-0.3, -0.25) is 0 Å². The predicted molar refractivity (Wildman–Crippen MR) is 89.0 cm³/mol. The highest BCUT2D eigenvalue weighted by Crippen LogP contribution is 2.41. The average Bonchev–Trinajstić information content (AvgIpc) is 3.22. The maximum Gasteiger partial charge on any atom is 0.121 e. The molecule has 2 fully saturated rings. The summed E-state index contributed by atoms with van der Waals surface area (Å²) < 4.78 is 6.30. The summed E-state index contributed by atoms with van der Waals surface area (Å²) in [5.74, 6) is 0.724. The van der Waals surface area contributed by atoms with Crippen LogP contribution >= 0.6 is 11.3 Å². The standard InChI is InChI=1S/C18H22N2OS/c1-2-4-14(5-3-1)6-9-20-10-7-15-12-16(21-17(15)13-20)18-19-8-11-22-18/h1-5,8,11,15-17H,6-7,9-10,12-13H2/t15-,16+,17+/m0/s1. The van der Waals surface area contributed by atoms with Crippen LogP contribution in [0.2, 0.25) is 0 Å². The summed E-state index contributed by atoms with van der Waals surface area (Å²) in [4.78, 5) is 7.00. The van der Waals surface area contributed by atoms with Crippen LogP contribution in [0.3, 0.4) is 0 Å². The minimum absolute atomic E-state index is 0.240. The van der Waals surface area contributed by atoms with E-state index in [2.05, 4.69) is 40.2 Å². The van der Waals surface area contributed by atoms with Crippen molar-refractivity contribution in [1.82, 2.24) is 9.88 Å². The molecule has 116 valence electrons. The monoisotopic (exact) mass is 314 g/mol. The van der Waals surface area contributed by atoms with Crippen molar-refractivity contribution in [3.8, 4) is 0 Å². The normalized spacial score (nSPS) is 28.6. The van der Waals surface area contributed by atoms with E-state index in [1.165, 1.54) is 18.5 Å². The zero-order valence-corrected chi connectivity index (χ0v) is 13.5. The highest BCUT2D eigenvalue weighted by Gasteiger charge is 2.40. The van der Waals surface area contributed by atoms with Crippen molar-refractivity contribution >= 4 is 11.3 Å². The Morgan fingerprint density at radius 3 is 3.00 bits per heavy atom. The molecule has 3 heterocycles. The summed E-state index contributed by atoms with van der Waals surface area (Å²) in [5.41, 5.74) is 1.43. The first-order valence-electron chi connectivity index (χ1n) is 8.19. The number of thiazole rings is 1. The van der Waals surface area contributed by atoms with Gasteiger partial charge in [-0.05, 0) is 37.3 Å². The van der Waals surface area contributed by atoms with Crippen LogP contribution in [0.25, 0.3) is 0 Å². The zero-order valence-electron chi connectivity index (χ0n) is 12.7. The van der Waals surface area contributed by atoms with Crippen LogP contribution in [0.4, 0.5) is 0 Å². The molecule has 22 heavy (non-hydrogen) atoms. The minimum Gasteiger partial charge on any atom is -0.366 e. The topological polar surface area (TPSA) is 25.4 Å². The van der Waals surface area contributed by atoms with Crippen molar-refractivity contribution in [3.05, 3.63) is 52.5 Å². The van der Waals surface area contributed by atoms with Gasteiger partial charge in [0.1, 0.15) is 11.1 Å². The molecule has 0 amide bonds. The molecule has 2 aromatic rings. The Morgan fingerprint density at radius 1 is 1.27 bits per heavy atom. The lowest BCUT2D eigenvalue weighted by Gasteiger charge is -2.34. The van der Waals surface area contributed by atoms with Crippen LogP contribution in [-0.4, -0.2) is 35.6 Å². The number of benzene rings is 1. The maximum atomic E-state index is 6.30.